The van der Waals surface area contributed by atoms with Crippen molar-refractivity contribution in [3.63, 3.8) is 0 Å². The molecule has 4 heteroatoms. The Balaban J connectivity index is 0. The highest BCUT2D eigenvalue weighted by atomic mass is 28.4. The molecule has 0 bridgehead atoms. The van der Waals surface area contributed by atoms with Gasteiger partial charge in [0.05, 0.1) is 0 Å². The van der Waals surface area contributed by atoms with Crippen LogP contribution in [0.1, 0.15) is 41.5 Å². The van der Waals surface area contributed by atoms with Gasteiger partial charge >= 0.3 is 0 Å². The minimum atomic E-state index is -1.82. The van der Waals surface area contributed by atoms with Gasteiger partial charge in [0.15, 0.2) is 0 Å². The van der Waals surface area contributed by atoms with Crippen LogP contribution in [0.25, 0.3) is 0 Å². The average molecular weight is 248 g/mol. The molecule has 98 valence electrons. The Labute approximate surface area is 102 Å². The Hall–Kier alpha value is -0.353. The van der Waals surface area contributed by atoms with Gasteiger partial charge < -0.3 is 9.16 Å². The van der Waals surface area contributed by atoms with Crippen molar-refractivity contribution in [1.82, 2.24) is 0 Å². The summed E-state index contributed by atoms with van der Waals surface area (Å²) in [5.74, 6) is -0.156. The molecule has 0 saturated carbocycles. The van der Waals surface area contributed by atoms with E-state index < -0.39 is 8.32 Å². The second-order valence-corrected chi connectivity index (χ2v) is 9.86. The molecular weight excluding hydrogens is 220 g/mol. The highest BCUT2D eigenvalue weighted by molar-refractivity contribution is 6.75. The molecular formula is C12H28O3Si. The largest absolute Gasteiger partial charge is 0.519 e. The van der Waals surface area contributed by atoms with Crippen LogP contribution < -0.4 is 0 Å². The van der Waals surface area contributed by atoms with E-state index in [0.29, 0.717) is 0 Å². The van der Waals surface area contributed by atoms with Gasteiger partial charge in [0.1, 0.15) is 0 Å². The van der Waals surface area contributed by atoms with Gasteiger partial charge in [0, 0.05) is 20.1 Å². The highest BCUT2D eigenvalue weighted by Gasteiger charge is 2.39. The first-order chi connectivity index (χ1) is 7.08. The molecule has 0 aliphatic heterocycles. The predicted molar refractivity (Wildman–Crippen MR) is 71.1 cm³/mol. The Morgan fingerprint density at radius 2 is 1.50 bits per heavy atom. The zero-order valence-corrected chi connectivity index (χ0v) is 13.1. The second-order valence-electron chi connectivity index (χ2n) is 5.14. The van der Waals surface area contributed by atoms with Crippen molar-refractivity contribution in [2.45, 2.75) is 59.7 Å². The molecule has 0 aliphatic rings. The van der Waals surface area contributed by atoms with Crippen LogP contribution in [0.15, 0.2) is 0 Å². The summed E-state index contributed by atoms with van der Waals surface area (Å²) in [4.78, 5) is 10.7. The zero-order chi connectivity index (χ0) is 13.4. The summed E-state index contributed by atoms with van der Waals surface area (Å²) >= 11 is 0. The summed E-state index contributed by atoms with van der Waals surface area (Å²) in [6.07, 6.45) is 0. The lowest BCUT2D eigenvalue weighted by Crippen LogP contribution is -2.42. The minimum absolute atomic E-state index is 0.124. The van der Waals surface area contributed by atoms with Crippen LogP contribution in [0.5, 0.6) is 0 Å². The number of ether oxygens (including phenoxy) is 1. The van der Waals surface area contributed by atoms with Crippen molar-refractivity contribution >= 4 is 14.3 Å². The molecule has 16 heavy (non-hydrogen) atoms. The monoisotopic (exact) mass is 248 g/mol. The van der Waals surface area contributed by atoms with Crippen LogP contribution >= 0.6 is 0 Å². The smallest absolute Gasteiger partial charge is 0.289 e. The molecule has 0 rings (SSSR count). The lowest BCUT2D eigenvalue weighted by atomic mass is 10.2. The third-order valence-corrected chi connectivity index (χ3v) is 7.02. The van der Waals surface area contributed by atoms with Gasteiger partial charge in [-0.05, 0) is 32.0 Å². The van der Waals surface area contributed by atoms with E-state index in [9.17, 15) is 4.79 Å². The van der Waals surface area contributed by atoms with Gasteiger partial charge in [0.25, 0.3) is 14.3 Å². The Kier molecular flexibility index (Phi) is 8.84. The third-order valence-electron chi connectivity index (χ3n) is 2.61. The summed E-state index contributed by atoms with van der Waals surface area (Å²) in [6, 6.07) is 0. The third kappa shape index (κ3) is 8.92. The predicted octanol–water partition coefficient (Wildman–Crippen LogP) is 3.60. The molecule has 0 aromatic rings. The fourth-order valence-electron chi connectivity index (χ4n) is 0.717. The first kappa shape index (κ1) is 18.0. The zero-order valence-electron chi connectivity index (χ0n) is 12.1. The molecule has 3 nitrogen and oxygen atoms in total. The minimum Gasteiger partial charge on any atom is -0.519 e. The normalized spacial score (nSPS) is 11.5. The SMILES string of the molecule is CC(=O)O[Si](C)(C)C(C)(C)C.CCOCC. The van der Waals surface area contributed by atoms with E-state index in [2.05, 4.69) is 33.9 Å². The lowest BCUT2D eigenvalue weighted by molar-refractivity contribution is -0.132. The lowest BCUT2D eigenvalue weighted by Gasteiger charge is -2.34. The molecule has 0 N–H and O–H groups in total. The second kappa shape index (κ2) is 7.85. The van der Waals surface area contributed by atoms with E-state index in [0.717, 1.165) is 13.2 Å². The number of hydrogen-bond donors (Lipinski definition) is 0. The molecule has 0 aromatic heterocycles. The van der Waals surface area contributed by atoms with E-state index in [1.165, 1.54) is 6.92 Å². The van der Waals surface area contributed by atoms with Crippen molar-refractivity contribution in [3.8, 4) is 0 Å². The Bertz CT molecular complexity index is 193. The molecule has 0 amide bonds. The summed E-state index contributed by atoms with van der Waals surface area (Å²) in [5, 5.41) is 0.124. The quantitative estimate of drug-likeness (QED) is 0.716. The van der Waals surface area contributed by atoms with Gasteiger partial charge in [-0.1, -0.05) is 20.8 Å². The van der Waals surface area contributed by atoms with Crippen molar-refractivity contribution < 1.29 is 14.0 Å². The van der Waals surface area contributed by atoms with Crippen LogP contribution in [0.3, 0.4) is 0 Å². The van der Waals surface area contributed by atoms with E-state index >= 15 is 0 Å². The molecule has 0 atom stereocenters. The molecule has 0 radical (unpaired) electrons. The number of carbonyl (C=O) groups is 1. The van der Waals surface area contributed by atoms with Crippen molar-refractivity contribution in [2.24, 2.45) is 0 Å². The fraction of sp³-hybridized carbons (Fsp3) is 0.917. The first-order valence-corrected chi connectivity index (χ1v) is 8.76. The van der Waals surface area contributed by atoms with Gasteiger partial charge in [-0.15, -0.1) is 0 Å². The van der Waals surface area contributed by atoms with Gasteiger partial charge in [-0.25, -0.2) is 0 Å². The van der Waals surface area contributed by atoms with Crippen LogP contribution in [0.2, 0.25) is 18.1 Å². The number of hydrogen-bond acceptors (Lipinski definition) is 3. The fourth-order valence-corrected chi connectivity index (χ4v) is 1.74. The summed E-state index contributed by atoms with van der Waals surface area (Å²) in [7, 11) is -1.82. The van der Waals surface area contributed by atoms with E-state index in [1.54, 1.807) is 0 Å². The number of carbonyl (C=O) groups excluding carboxylic acids is 1. The summed E-state index contributed by atoms with van der Waals surface area (Å²) in [5.41, 5.74) is 0. The molecule has 0 saturated heterocycles. The van der Waals surface area contributed by atoms with Gasteiger partial charge in [-0.2, -0.15) is 0 Å². The van der Waals surface area contributed by atoms with Crippen LogP contribution in [0.4, 0.5) is 0 Å². The first-order valence-electron chi connectivity index (χ1n) is 5.85. The van der Waals surface area contributed by atoms with E-state index in [-0.39, 0.29) is 11.0 Å². The van der Waals surface area contributed by atoms with Crippen LogP contribution in [-0.2, 0) is 14.0 Å². The Morgan fingerprint density at radius 1 is 1.12 bits per heavy atom. The van der Waals surface area contributed by atoms with Gasteiger partial charge in [-0.3, -0.25) is 4.79 Å². The average Bonchev–Trinajstić information content (AvgIpc) is 2.01. The molecule has 0 spiro atoms. The van der Waals surface area contributed by atoms with E-state index in [1.807, 2.05) is 13.8 Å². The molecule has 0 aliphatic carbocycles. The van der Waals surface area contributed by atoms with E-state index in [4.69, 9.17) is 9.16 Å². The Morgan fingerprint density at radius 3 is 1.56 bits per heavy atom. The van der Waals surface area contributed by atoms with Crippen molar-refractivity contribution in [2.75, 3.05) is 13.2 Å². The van der Waals surface area contributed by atoms with Crippen LogP contribution in [-0.4, -0.2) is 27.5 Å². The molecule has 0 aromatic carbocycles. The molecule has 0 fully saturated rings. The van der Waals surface area contributed by atoms with Crippen molar-refractivity contribution in [3.05, 3.63) is 0 Å². The standard InChI is InChI=1S/C8H18O2Si.C4H10O/c1-7(9)10-11(5,6)8(2,3)4;1-3-5-4-2/h1-6H3;3-4H2,1-2H3. The maximum absolute atomic E-state index is 10.7. The summed E-state index contributed by atoms with van der Waals surface area (Å²) in [6.45, 7) is 17.6. The molecule has 0 heterocycles. The summed E-state index contributed by atoms with van der Waals surface area (Å²) < 4.78 is 10.1. The topological polar surface area (TPSA) is 35.5 Å². The molecule has 0 unspecified atom stereocenters. The van der Waals surface area contributed by atoms with Crippen molar-refractivity contribution in [1.29, 1.82) is 0 Å². The maximum Gasteiger partial charge on any atom is 0.289 e. The number of rotatable bonds is 3. The van der Waals surface area contributed by atoms with Gasteiger partial charge in [0.2, 0.25) is 0 Å². The maximum atomic E-state index is 10.7. The highest BCUT2D eigenvalue weighted by Crippen LogP contribution is 2.36. The van der Waals surface area contributed by atoms with Crippen LogP contribution in [0, 0.1) is 0 Å².